The van der Waals surface area contributed by atoms with Gasteiger partial charge in [-0.05, 0) is 83.5 Å². The number of carbonyl (C=O) groups is 1. The van der Waals surface area contributed by atoms with E-state index in [4.69, 9.17) is 9.47 Å². The molecule has 1 saturated heterocycles. The minimum atomic E-state index is -1.58. The van der Waals surface area contributed by atoms with Gasteiger partial charge in [-0.15, -0.1) is 0 Å². The van der Waals surface area contributed by atoms with Crippen molar-refractivity contribution in [1.82, 2.24) is 5.32 Å². The molecule has 6 N–H and O–H groups in total. The molecule has 1 amide bonds. The lowest BCUT2D eigenvalue weighted by Crippen LogP contribution is -2.60. The molecule has 7 unspecified atom stereocenters. The molecule has 1 aliphatic heterocycles. The standard InChI is InChI=1S/C66H119NO8/c1-3-5-7-9-11-13-15-17-19-21-23-25-26-27-28-29-30-31-32-33-34-36-37-39-41-43-45-47-49-51-53-55-60(69)59(58-74-66-65(73)64(72)63(71)61(57-68)75-66)67-62(70)56-54-52-50-48-46-44-42-40-38-35-24-22-20-18-16-14-12-10-8-6-4-2/h16,18,22,24,37-40,45,47,53,55,59-61,63-66,68-69,71-73H,3-15,17,19-21,23,25-36,41-44,46,48-52,54,56-58H2,1-2H3,(H,67,70)/b18-16-,24-22-,39-37+,40-38-,47-45+,55-53+. The fourth-order valence-electron chi connectivity index (χ4n) is 9.73. The van der Waals surface area contributed by atoms with Gasteiger partial charge in [-0.25, -0.2) is 0 Å². The third-order valence-corrected chi connectivity index (χ3v) is 14.7. The van der Waals surface area contributed by atoms with Gasteiger partial charge in [-0.3, -0.25) is 4.79 Å². The van der Waals surface area contributed by atoms with Crippen LogP contribution in [-0.4, -0.2) is 87.5 Å². The van der Waals surface area contributed by atoms with Crippen LogP contribution in [0.25, 0.3) is 0 Å². The van der Waals surface area contributed by atoms with Crippen molar-refractivity contribution in [3.05, 3.63) is 72.9 Å². The summed E-state index contributed by atoms with van der Waals surface area (Å²) >= 11 is 0. The van der Waals surface area contributed by atoms with Gasteiger partial charge in [-0.1, -0.05) is 267 Å². The molecular formula is C66H119NO8. The Morgan fingerprint density at radius 2 is 0.800 bits per heavy atom. The number of unbranched alkanes of at least 4 members (excludes halogenated alkanes) is 34. The van der Waals surface area contributed by atoms with Crippen molar-refractivity contribution in [2.45, 2.75) is 326 Å². The van der Waals surface area contributed by atoms with Crippen LogP contribution in [0.4, 0.5) is 0 Å². The van der Waals surface area contributed by atoms with E-state index >= 15 is 0 Å². The van der Waals surface area contributed by atoms with Gasteiger partial charge in [0.15, 0.2) is 6.29 Å². The van der Waals surface area contributed by atoms with Gasteiger partial charge in [0.05, 0.1) is 25.4 Å². The highest BCUT2D eigenvalue weighted by Gasteiger charge is 2.44. The molecule has 1 heterocycles. The lowest BCUT2D eigenvalue weighted by Gasteiger charge is -2.40. The molecule has 0 aromatic heterocycles. The number of allylic oxidation sites excluding steroid dienone is 11. The lowest BCUT2D eigenvalue weighted by molar-refractivity contribution is -0.302. The second kappa shape index (κ2) is 55.0. The Bertz CT molecular complexity index is 1410. The van der Waals surface area contributed by atoms with Crippen LogP contribution in [0.1, 0.15) is 284 Å². The topological polar surface area (TPSA) is 149 Å². The van der Waals surface area contributed by atoms with Gasteiger partial charge in [0.25, 0.3) is 0 Å². The molecule has 0 radical (unpaired) electrons. The minimum Gasteiger partial charge on any atom is -0.394 e. The third-order valence-electron chi connectivity index (χ3n) is 14.7. The molecular weight excluding hydrogens is 935 g/mol. The number of amides is 1. The Labute approximate surface area is 461 Å². The highest BCUT2D eigenvalue weighted by atomic mass is 16.7. The Morgan fingerprint density at radius 1 is 0.453 bits per heavy atom. The van der Waals surface area contributed by atoms with Crippen molar-refractivity contribution < 1.29 is 39.8 Å². The first-order chi connectivity index (χ1) is 36.8. The molecule has 0 bridgehead atoms. The number of hydrogen-bond acceptors (Lipinski definition) is 8. The van der Waals surface area contributed by atoms with Gasteiger partial charge < -0.3 is 40.3 Å². The molecule has 0 aromatic carbocycles. The molecule has 1 rings (SSSR count). The van der Waals surface area contributed by atoms with E-state index in [9.17, 15) is 30.3 Å². The predicted molar refractivity (Wildman–Crippen MR) is 318 cm³/mol. The molecule has 0 spiro atoms. The summed E-state index contributed by atoms with van der Waals surface area (Å²) in [6, 6.07) is -0.840. The minimum absolute atomic E-state index is 0.203. The van der Waals surface area contributed by atoms with Crippen LogP contribution in [0.15, 0.2) is 72.9 Å². The van der Waals surface area contributed by atoms with Crippen molar-refractivity contribution >= 4 is 5.91 Å². The number of nitrogens with one attached hydrogen (secondary N) is 1. The monoisotopic (exact) mass is 1050 g/mol. The van der Waals surface area contributed by atoms with Gasteiger partial charge in [0, 0.05) is 6.42 Å². The van der Waals surface area contributed by atoms with Crippen LogP contribution < -0.4 is 5.32 Å². The second-order valence-electron chi connectivity index (χ2n) is 21.8. The summed E-state index contributed by atoms with van der Waals surface area (Å²) in [5.41, 5.74) is 0. The quantitative estimate of drug-likeness (QED) is 0.0261. The normalized spacial score (nSPS) is 19.4. The van der Waals surface area contributed by atoms with E-state index in [0.717, 1.165) is 77.0 Å². The van der Waals surface area contributed by atoms with Gasteiger partial charge >= 0.3 is 0 Å². The van der Waals surface area contributed by atoms with Crippen LogP contribution in [-0.2, 0) is 14.3 Å². The number of aliphatic hydroxyl groups excluding tert-OH is 5. The first-order valence-electron chi connectivity index (χ1n) is 31.7. The summed E-state index contributed by atoms with van der Waals surface area (Å²) in [7, 11) is 0. The van der Waals surface area contributed by atoms with Gasteiger partial charge in [-0.2, -0.15) is 0 Å². The van der Waals surface area contributed by atoms with E-state index < -0.39 is 49.5 Å². The van der Waals surface area contributed by atoms with Crippen molar-refractivity contribution in [1.29, 1.82) is 0 Å². The highest BCUT2D eigenvalue weighted by molar-refractivity contribution is 5.76. The van der Waals surface area contributed by atoms with Crippen molar-refractivity contribution in [3.8, 4) is 0 Å². The van der Waals surface area contributed by atoms with Crippen LogP contribution in [0.5, 0.6) is 0 Å². The summed E-state index contributed by atoms with van der Waals surface area (Å²) in [5.74, 6) is -0.203. The SMILES string of the molecule is CCCCCCC/C=C\C/C=C\C/C=C\CCCCCCCCC(=O)NC(COC1OC(CO)C(O)C(O)C1O)C(O)/C=C/CC/C=C/CC/C=C/CCCCCCCCCCCCCCCCCCCCCCC. The van der Waals surface area contributed by atoms with E-state index in [2.05, 4.69) is 79.9 Å². The lowest BCUT2D eigenvalue weighted by atomic mass is 9.99. The average Bonchev–Trinajstić information content (AvgIpc) is 3.41. The smallest absolute Gasteiger partial charge is 0.220 e. The van der Waals surface area contributed by atoms with Gasteiger partial charge in [0.2, 0.25) is 5.91 Å². The first-order valence-corrected chi connectivity index (χ1v) is 31.7. The second-order valence-corrected chi connectivity index (χ2v) is 21.8. The molecule has 1 aliphatic rings. The molecule has 1 fully saturated rings. The van der Waals surface area contributed by atoms with Crippen LogP contribution in [0.2, 0.25) is 0 Å². The number of carbonyl (C=O) groups excluding carboxylic acids is 1. The Kier molecular flexibility index (Phi) is 51.8. The number of rotatable bonds is 54. The van der Waals surface area contributed by atoms with Crippen LogP contribution in [0.3, 0.4) is 0 Å². The summed E-state index contributed by atoms with van der Waals surface area (Å²) < 4.78 is 11.3. The summed E-state index contributed by atoms with van der Waals surface area (Å²) in [6.45, 7) is 3.76. The highest BCUT2D eigenvalue weighted by Crippen LogP contribution is 2.23. The maximum atomic E-state index is 13.1. The Balaban J connectivity index is 2.23. The van der Waals surface area contributed by atoms with E-state index in [-0.39, 0.29) is 12.5 Å². The molecule has 0 aliphatic carbocycles. The van der Waals surface area contributed by atoms with Crippen molar-refractivity contribution in [2.75, 3.05) is 13.2 Å². The maximum Gasteiger partial charge on any atom is 0.220 e. The molecule has 7 atom stereocenters. The Hall–Kier alpha value is -2.37. The molecule has 0 aromatic rings. The number of aliphatic hydroxyl groups is 5. The zero-order valence-corrected chi connectivity index (χ0v) is 48.5. The van der Waals surface area contributed by atoms with Gasteiger partial charge in [0.1, 0.15) is 24.4 Å². The maximum absolute atomic E-state index is 13.1. The third kappa shape index (κ3) is 44.2. The zero-order valence-electron chi connectivity index (χ0n) is 48.5. The Morgan fingerprint density at radius 3 is 1.21 bits per heavy atom. The van der Waals surface area contributed by atoms with E-state index in [1.165, 1.54) is 186 Å². The van der Waals surface area contributed by atoms with Crippen LogP contribution in [0, 0.1) is 0 Å². The zero-order chi connectivity index (χ0) is 54.3. The van der Waals surface area contributed by atoms with Crippen molar-refractivity contribution in [2.24, 2.45) is 0 Å². The number of ether oxygens (including phenoxy) is 2. The van der Waals surface area contributed by atoms with E-state index in [1.54, 1.807) is 6.08 Å². The summed E-state index contributed by atoms with van der Waals surface area (Å²) in [6.07, 6.45) is 69.9. The van der Waals surface area contributed by atoms with E-state index in [1.807, 2.05) is 6.08 Å². The summed E-state index contributed by atoms with van der Waals surface area (Å²) in [4.78, 5) is 13.1. The van der Waals surface area contributed by atoms with Crippen LogP contribution >= 0.6 is 0 Å². The molecule has 9 heteroatoms. The molecule has 0 saturated carbocycles. The molecule has 75 heavy (non-hydrogen) atoms. The first kappa shape index (κ1) is 70.6. The molecule has 436 valence electrons. The predicted octanol–water partition coefficient (Wildman–Crippen LogP) is 16.4. The fraction of sp³-hybridized carbons (Fsp3) is 0.803. The summed E-state index contributed by atoms with van der Waals surface area (Å²) in [5, 5.41) is 54.6. The molecule has 9 nitrogen and oxygen atoms in total. The average molecular weight is 1050 g/mol. The fourth-order valence-corrected chi connectivity index (χ4v) is 9.73. The van der Waals surface area contributed by atoms with E-state index in [0.29, 0.717) is 6.42 Å². The van der Waals surface area contributed by atoms with Crippen molar-refractivity contribution in [3.63, 3.8) is 0 Å². The number of hydrogen-bond donors (Lipinski definition) is 6. The largest absolute Gasteiger partial charge is 0.394 e.